The molecule has 0 aromatic heterocycles. The van der Waals surface area contributed by atoms with Crippen molar-refractivity contribution in [2.75, 3.05) is 0 Å². The summed E-state index contributed by atoms with van der Waals surface area (Å²) in [5.41, 5.74) is -1.27. The molecule has 1 atom stereocenters. The highest BCUT2D eigenvalue weighted by Crippen LogP contribution is 2.22. The summed E-state index contributed by atoms with van der Waals surface area (Å²) in [7, 11) is 0. The lowest BCUT2D eigenvalue weighted by Crippen LogP contribution is -2.34. The maximum absolute atomic E-state index is 11.6. The number of rotatable bonds is 8. The van der Waals surface area contributed by atoms with E-state index in [-0.39, 0.29) is 12.0 Å². The molecule has 6 nitrogen and oxygen atoms in total. The smallest absolute Gasteiger partial charge is 0.331 e. The van der Waals surface area contributed by atoms with Gasteiger partial charge in [0.05, 0.1) is 12.0 Å². The van der Waals surface area contributed by atoms with E-state index in [2.05, 4.69) is 6.58 Å². The van der Waals surface area contributed by atoms with E-state index in [9.17, 15) is 9.59 Å². The molecule has 0 fully saturated rings. The normalized spacial score (nSPS) is 13.6. The summed E-state index contributed by atoms with van der Waals surface area (Å²) in [6.45, 7) is 14.2. The van der Waals surface area contributed by atoms with Crippen molar-refractivity contribution in [3.8, 4) is 0 Å². The average Bonchev–Trinajstić information content (AvgIpc) is 2.24. The largest absolute Gasteiger partial charge is 0.478 e. The Morgan fingerprint density at radius 2 is 1.67 bits per heavy atom. The van der Waals surface area contributed by atoms with Gasteiger partial charge in [0.1, 0.15) is 11.7 Å². The Morgan fingerprint density at radius 3 is 2.10 bits per heavy atom. The number of hydrogen-bond acceptors (Lipinski definition) is 5. The van der Waals surface area contributed by atoms with Crippen molar-refractivity contribution in [1.29, 1.82) is 0 Å². The third-order valence-electron chi connectivity index (χ3n) is 2.29. The van der Waals surface area contributed by atoms with Crippen LogP contribution in [0.1, 0.15) is 54.4 Å². The number of ether oxygens (including phenoxy) is 1. The fourth-order valence-electron chi connectivity index (χ4n) is 1.52. The Morgan fingerprint density at radius 1 is 1.14 bits per heavy atom. The topological polar surface area (TPSA) is 82.1 Å². The van der Waals surface area contributed by atoms with Crippen molar-refractivity contribution in [3.63, 3.8) is 0 Å². The van der Waals surface area contributed by atoms with E-state index >= 15 is 0 Å². The predicted octanol–water partition coefficient (Wildman–Crippen LogP) is 2.86. The van der Waals surface area contributed by atoms with Crippen LogP contribution in [0.3, 0.4) is 0 Å². The van der Waals surface area contributed by atoms with E-state index in [0.717, 1.165) is 0 Å². The first-order valence-corrected chi connectivity index (χ1v) is 6.80. The molecule has 0 heterocycles. The van der Waals surface area contributed by atoms with E-state index in [0.29, 0.717) is 6.42 Å². The van der Waals surface area contributed by atoms with Gasteiger partial charge in [0.25, 0.3) is 0 Å². The Kier molecular flexibility index (Phi) is 7.06. The van der Waals surface area contributed by atoms with Crippen LogP contribution >= 0.6 is 0 Å². The molecule has 0 saturated heterocycles. The number of carbonyl (C=O) groups excluding carboxylic acids is 1. The molecular weight excluding hydrogens is 276 g/mol. The van der Waals surface area contributed by atoms with Crippen LogP contribution < -0.4 is 0 Å². The lowest BCUT2D eigenvalue weighted by Gasteiger charge is -2.30. The molecule has 21 heavy (non-hydrogen) atoms. The molecule has 0 spiro atoms. The van der Waals surface area contributed by atoms with Crippen molar-refractivity contribution in [2.45, 2.75) is 71.7 Å². The summed E-state index contributed by atoms with van der Waals surface area (Å²) in [6, 6.07) is 0. The number of carboxylic acid groups (broad SMARTS) is 1. The molecule has 1 unspecified atom stereocenters. The number of aliphatic carboxylic acids is 1. The molecule has 0 bridgehead atoms. The molecule has 1 N–H and O–H groups in total. The first-order chi connectivity index (χ1) is 9.32. The maximum Gasteiger partial charge on any atom is 0.331 e. The lowest BCUT2D eigenvalue weighted by atomic mass is 10.0. The zero-order valence-electron chi connectivity index (χ0n) is 13.7. The molecule has 0 aliphatic carbocycles. The van der Waals surface area contributed by atoms with Crippen molar-refractivity contribution in [1.82, 2.24) is 0 Å². The highest BCUT2D eigenvalue weighted by atomic mass is 17.2. The van der Waals surface area contributed by atoms with Gasteiger partial charge < -0.3 is 9.84 Å². The Bertz CT molecular complexity index is 391. The fraction of sp³-hybridized carbons (Fsp3) is 0.733. The van der Waals surface area contributed by atoms with Gasteiger partial charge in [-0.25, -0.2) is 14.6 Å². The summed E-state index contributed by atoms with van der Waals surface area (Å²) >= 11 is 0. The van der Waals surface area contributed by atoms with Gasteiger partial charge in [-0.1, -0.05) is 6.58 Å². The van der Waals surface area contributed by atoms with E-state index in [1.54, 1.807) is 6.92 Å². The van der Waals surface area contributed by atoms with Crippen LogP contribution in [0.25, 0.3) is 0 Å². The van der Waals surface area contributed by atoms with E-state index in [4.69, 9.17) is 19.6 Å². The second kappa shape index (κ2) is 7.56. The summed E-state index contributed by atoms with van der Waals surface area (Å²) in [5.74, 6) is -1.83. The molecule has 6 heteroatoms. The summed E-state index contributed by atoms with van der Waals surface area (Å²) in [4.78, 5) is 32.8. The molecule has 0 aromatic rings. The molecule has 0 aliphatic rings. The van der Waals surface area contributed by atoms with Crippen molar-refractivity contribution in [2.24, 2.45) is 0 Å². The first-order valence-electron chi connectivity index (χ1n) is 6.80. The van der Waals surface area contributed by atoms with Gasteiger partial charge in [-0.2, -0.15) is 0 Å². The molecular formula is C15H26O6. The van der Waals surface area contributed by atoms with Crippen LogP contribution in [-0.4, -0.2) is 34.4 Å². The van der Waals surface area contributed by atoms with Gasteiger partial charge in [-0.05, 0) is 41.5 Å². The Hall–Kier alpha value is -1.40. The summed E-state index contributed by atoms with van der Waals surface area (Å²) < 4.78 is 5.14. The predicted molar refractivity (Wildman–Crippen MR) is 77.6 cm³/mol. The molecule has 0 saturated carbocycles. The average molecular weight is 302 g/mol. The highest BCUT2D eigenvalue weighted by Gasteiger charge is 2.28. The molecule has 0 rings (SSSR count). The van der Waals surface area contributed by atoms with E-state index in [1.807, 2.05) is 34.6 Å². The van der Waals surface area contributed by atoms with Crippen molar-refractivity contribution < 1.29 is 29.2 Å². The van der Waals surface area contributed by atoms with Crippen molar-refractivity contribution in [3.05, 3.63) is 12.2 Å². The Labute approximate surface area is 126 Å². The second-order valence-electron chi connectivity index (χ2n) is 6.63. The molecule has 122 valence electrons. The van der Waals surface area contributed by atoms with Gasteiger partial charge in [0, 0.05) is 12.0 Å². The minimum Gasteiger partial charge on any atom is -0.478 e. The third kappa shape index (κ3) is 10.0. The first kappa shape index (κ1) is 19.6. The van der Waals surface area contributed by atoms with Gasteiger partial charge in [-0.15, -0.1) is 0 Å². The van der Waals surface area contributed by atoms with Gasteiger partial charge in [-0.3, -0.25) is 4.79 Å². The van der Waals surface area contributed by atoms with Crippen LogP contribution in [0.2, 0.25) is 0 Å². The van der Waals surface area contributed by atoms with Crippen LogP contribution in [-0.2, 0) is 24.1 Å². The second-order valence-corrected chi connectivity index (χ2v) is 6.63. The van der Waals surface area contributed by atoms with Crippen LogP contribution in [0.5, 0.6) is 0 Å². The number of carbonyl (C=O) groups is 2. The zero-order chi connectivity index (χ0) is 16.8. The van der Waals surface area contributed by atoms with Gasteiger partial charge in [0.15, 0.2) is 0 Å². The van der Waals surface area contributed by atoms with E-state index < -0.39 is 29.2 Å². The molecule has 0 radical (unpaired) electrons. The van der Waals surface area contributed by atoms with Crippen LogP contribution in [0.15, 0.2) is 12.2 Å². The lowest BCUT2D eigenvalue weighted by molar-refractivity contribution is -0.399. The highest BCUT2D eigenvalue weighted by molar-refractivity contribution is 5.91. The SMILES string of the molecule is C=C(CC(=O)OC(C)CC(C)(C)OOC(C)(C)C)C(=O)O. The molecule has 0 aromatic carbocycles. The molecule has 0 amide bonds. The number of hydrogen-bond donors (Lipinski definition) is 1. The standard InChI is InChI=1S/C15H26O6/c1-10(13(17)18)8-12(16)19-11(2)9-15(6,7)21-20-14(3,4)5/h11H,1,8-9H2,2-7H3,(H,17,18). The quantitative estimate of drug-likeness (QED) is 0.321. The van der Waals surface area contributed by atoms with Gasteiger partial charge in [0.2, 0.25) is 0 Å². The fourth-order valence-corrected chi connectivity index (χ4v) is 1.52. The Balaban J connectivity index is 4.29. The number of esters is 1. The van der Waals surface area contributed by atoms with Crippen LogP contribution in [0.4, 0.5) is 0 Å². The molecule has 0 aliphatic heterocycles. The summed E-state index contributed by atoms with van der Waals surface area (Å²) in [5, 5.41) is 8.65. The van der Waals surface area contributed by atoms with Crippen LogP contribution in [0, 0.1) is 0 Å². The zero-order valence-corrected chi connectivity index (χ0v) is 13.7. The number of carboxylic acids is 1. The maximum atomic E-state index is 11.6. The third-order valence-corrected chi connectivity index (χ3v) is 2.29. The summed E-state index contributed by atoms with van der Waals surface area (Å²) in [6.07, 6.45) is -0.356. The minimum atomic E-state index is -1.21. The van der Waals surface area contributed by atoms with Gasteiger partial charge >= 0.3 is 11.9 Å². The van der Waals surface area contributed by atoms with E-state index in [1.165, 1.54) is 0 Å². The minimum absolute atomic E-state index is 0.196. The van der Waals surface area contributed by atoms with Crippen molar-refractivity contribution >= 4 is 11.9 Å². The monoisotopic (exact) mass is 302 g/mol.